The lowest BCUT2D eigenvalue weighted by atomic mass is 9.96. The van der Waals surface area contributed by atoms with Crippen LogP contribution in [0.4, 0.5) is 0 Å². The standard InChI is InChI=1S/C28H29ClN2O2S/c1-19(2)16-25(21-6-4-3-5-7-21)30-27(33)22-10-12-23(13-11-22)28-31(26(32)18-34-28)17-20-8-14-24(29)15-9-20/h3-15,19,25,28H,16-18H2,1-2H3,(H,30,33)/t25-,28+/m1/s1. The molecule has 0 aromatic heterocycles. The Morgan fingerprint density at radius 2 is 1.71 bits per heavy atom. The first-order valence-electron chi connectivity index (χ1n) is 11.5. The summed E-state index contributed by atoms with van der Waals surface area (Å²) in [6.45, 7) is 4.85. The fourth-order valence-corrected chi connectivity index (χ4v) is 5.48. The van der Waals surface area contributed by atoms with Crippen molar-refractivity contribution >= 4 is 35.2 Å². The van der Waals surface area contributed by atoms with Crippen LogP contribution < -0.4 is 5.32 Å². The Morgan fingerprint density at radius 3 is 2.35 bits per heavy atom. The maximum Gasteiger partial charge on any atom is 0.251 e. The number of nitrogens with zero attached hydrogens (tertiary/aromatic N) is 1. The van der Waals surface area contributed by atoms with Crippen molar-refractivity contribution in [1.82, 2.24) is 10.2 Å². The van der Waals surface area contributed by atoms with Crippen LogP contribution in [0.3, 0.4) is 0 Å². The van der Waals surface area contributed by atoms with E-state index < -0.39 is 0 Å². The molecule has 0 saturated carbocycles. The van der Waals surface area contributed by atoms with Crippen LogP contribution in [0, 0.1) is 5.92 Å². The summed E-state index contributed by atoms with van der Waals surface area (Å²) in [4.78, 5) is 27.5. The number of nitrogens with one attached hydrogen (secondary N) is 1. The zero-order chi connectivity index (χ0) is 24.1. The van der Waals surface area contributed by atoms with E-state index in [-0.39, 0.29) is 23.2 Å². The van der Waals surface area contributed by atoms with Crippen molar-refractivity contribution in [3.63, 3.8) is 0 Å². The van der Waals surface area contributed by atoms with E-state index in [4.69, 9.17) is 11.6 Å². The lowest BCUT2D eigenvalue weighted by molar-refractivity contribution is -0.128. The molecular formula is C28H29ClN2O2S. The SMILES string of the molecule is CC(C)C[C@@H](NC(=O)c1ccc([C@@H]2SCC(=O)N2Cc2ccc(Cl)cc2)cc1)c1ccccc1. The van der Waals surface area contributed by atoms with Crippen LogP contribution in [0.2, 0.25) is 5.02 Å². The quantitative estimate of drug-likeness (QED) is 0.384. The topological polar surface area (TPSA) is 49.4 Å². The van der Waals surface area contributed by atoms with Gasteiger partial charge in [-0.2, -0.15) is 0 Å². The summed E-state index contributed by atoms with van der Waals surface area (Å²) < 4.78 is 0. The molecule has 1 aliphatic rings. The molecular weight excluding hydrogens is 464 g/mol. The summed E-state index contributed by atoms with van der Waals surface area (Å²) in [5.41, 5.74) is 3.79. The molecule has 1 N–H and O–H groups in total. The number of carbonyl (C=O) groups excluding carboxylic acids is 2. The van der Waals surface area contributed by atoms with Gasteiger partial charge in [0.1, 0.15) is 5.37 Å². The predicted octanol–water partition coefficient (Wildman–Crippen LogP) is 6.63. The smallest absolute Gasteiger partial charge is 0.251 e. The highest BCUT2D eigenvalue weighted by Crippen LogP contribution is 2.39. The minimum Gasteiger partial charge on any atom is -0.345 e. The number of thioether (sulfide) groups is 1. The molecule has 1 heterocycles. The van der Waals surface area contributed by atoms with Crippen LogP contribution in [0.25, 0.3) is 0 Å². The summed E-state index contributed by atoms with van der Waals surface area (Å²) in [6.07, 6.45) is 0.869. The monoisotopic (exact) mass is 492 g/mol. The Kier molecular flexibility index (Phi) is 7.96. The summed E-state index contributed by atoms with van der Waals surface area (Å²) in [5, 5.41) is 3.81. The van der Waals surface area contributed by atoms with E-state index in [0.29, 0.717) is 28.8 Å². The third-order valence-corrected chi connectivity index (χ3v) is 7.41. The third kappa shape index (κ3) is 6.02. The van der Waals surface area contributed by atoms with E-state index in [0.717, 1.165) is 23.1 Å². The first kappa shape index (κ1) is 24.4. The molecule has 2 atom stereocenters. The number of benzene rings is 3. The Labute approximate surface area is 210 Å². The van der Waals surface area contributed by atoms with Crippen LogP contribution in [-0.4, -0.2) is 22.5 Å². The number of hydrogen-bond donors (Lipinski definition) is 1. The fraction of sp³-hybridized carbons (Fsp3) is 0.286. The van der Waals surface area contributed by atoms with Gasteiger partial charge in [0.25, 0.3) is 5.91 Å². The number of halogens is 1. The lowest BCUT2D eigenvalue weighted by Gasteiger charge is -2.25. The van der Waals surface area contributed by atoms with Crippen molar-refractivity contribution in [3.8, 4) is 0 Å². The molecule has 4 nitrogen and oxygen atoms in total. The van der Waals surface area contributed by atoms with Crippen molar-refractivity contribution in [3.05, 3.63) is 106 Å². The average molecular weight is 493 g/mol. The van der Waals surface area contributed by atoms with Crippen molar-refractivity contribution in [2.75, 3.05) is 5.75 Å². The molecule has 0 spiro atoms. The Bertz CT molecular complexity index is 1120. The van der Waals surface area contributed by atoms with E-state index >= 15 is 0 Å². The summed E-state index contributed by atoms with van der Waals surface area (Å²) >= 11 is 7.61. The molecule has 6 heteroatoms. The molecule has 34 heavy (non-hydrogen) atoms. The van der Waals surface area contributed by atoms with E-state index in [2.05, 4.69) is 31.3 Å². The fourth-order valence-electron chi connectivity index (χ4n) is 4.16. The highest BCUT2D eigenvalue weighted by molar-refractivity contribution is 8.00. The van der Waals surface area contributed by atoms with Crippen LogP contribution in [-0.2, 0) is 11.3 Å². The van der Waals surface area contributed by atoms with E-state index in [1.807, 2.05) is 71.6 Å². The van der Waals surface area contributed by atoms with Gasteiger partial charge < -0.3 is 10.2 Å². The highest BCUT2D eigenvalue weighted by Gasteiger charge is 2.32. The largest absolute Gasteiger partial charge is 0.345 e. The number of hydrogen-bond acceptors (Lipinski definition) is 3. The molecule has 0 radical (unpaired) electrons. The van der Waals surface area contributed by atoms with Crippen LogP contribution in [0.5, 0.6) is 0 Å². The van der Waals surface area contributed by atoms with E-state index in [1.165, 1.54) is 0 Å². The van der Waals surface area contributed by atoms with Crippen molar-refractivity contribution in [1.29, 1.82) is 0 Å². The second kappa shape index (κ2) is 11.1. The summed E-state index contributed by atoms with van der Waals surface area (Å²) in [7, 11) is 0. The van der Waals surface area contributed by atoms with E-state index in [1.54, 1.807) is 11.8 Å². The minimum atomic E-state index is -0.0887. The maximum absolute atomic E-state index is 13.0. The Balaban J connectivity index is 1.46. The van der Waals surface area contributed by atoms with Gasteiger partial charge in [0.15, 0.2) is 0 Å². The van der Waals surface area contributed by atoms with Gasteiger partial charge in [0.05, 0.1) is 11.8 Å². The van der Waals surface area contributed by atoms with E-state index in [9.17, 15) is 9.59 Å². The molecule has 0 aliphatic carbocycles. The summed E-state index contributed by atoms with van der Waals surface area (Å²) in [6, 6.07) is 25.3. The Morgan fingerprint density at radius 1 is 1.03 bits per heavy atom. The third-order valence-electron chi connectivity index (χ3n) is 5.91. The molecule has 1 saturated heterocycles. The molecule has 0 bridgehead atoms. The molecule has 1 fully saturated rings. The van der Waals surface area contributed by atoms with Crippen molar-refractivity contribution in [2.24, 2.45) is 5.92 Å². The predicted molar refractivity (Wildman–Crippen MR) is 140 cm³/mol. The van der Waals surface area contributed by atoms with Gasteiger partial charge in [-0.25, -0.2) is 0 Å². The average Bonchev–Trinajstić information content (AvgIpc) is 3.20. The second-order valence-corrected chi connectivity index (χ2v) is 10.5. The lowest BCUT2D eigenvalue weighted by Crippen LogP contribution is -2.29. The maximum atomic E-state index is 13.0. The molecule has 4 rings (SSSR count). The molecule has 0 unspecified atom stereocenters. The van der Waals surface area contributed by atoms with Gasteiger partial charge in [0.2, 0.25) is 5.91 Å². The zero-order valence-corrected chi connectivity index (χ0v) is 21.0. The van der Waals surface area contributed by atoms with Gasteiger partial charge in [-0.05, 0) is 53.3 Å². The second-order valence-electron chi connectivity index (χ2n) is 9.00. The Hall–Kier alpha value is -2.76. The van der Waals surface area contributed by atoms with Crippen molar-refractivity contribution in [2.45, 2.75) is 38.2 Å². The highest BCUT2D eigenvalue weighted by atomic mass is 35.5. The van der Waals surface area contributed by atoms with Crippen molar-refractivity contribution < 1.29 is 9.59 Å². The number of amides is 2. The van der Waals surface area contributed by atoms with Crippen LogP contribution >= 0.6 is 23.4 Å². The van der Waals surface area contributed by atoms with Gasteiger partial charge >= 0.3 is 0 Å². The van der Waals surface area contributed by atoms with Gasteiger partial charge in [-0.1, -0.05) is 80.0 Å². The molecule has 1 aliphatic heterocycles. The van der Waals surface area contributed by atoms with Crippen LogP contribution in [0.15, 0.2) is 78.9 Å². The molecule has 3 aromatic rings. The summed E-state index contributed by atoms with van der Waals surface area (Å²) in [5.74, 6) is 0.936. The zero-order valence-electron chi connectivity index (χ0n) is 19.4. The normalized spacial score (nSPS) is 16.6. The van der Waals surface area contributed by atoms with Gasteiger partial charge in [0, 0.05) is 17.1 Å². The first-order valence-corrected chi connectivity index (χ1v) is 12.9. The van der Waals surface area contributed by atoms with Gasteiger partial charge in [-0.3, -0.25) is 9.59 Å². The van der Waals surface area contributed by atoms with Gasteiger partial charge in [-0.15, -0.1) is 11.8 Å². The molecule has 2 amide bonds. The molecule has 176 valence electrons. The minimum absolute atomic E-state index is 0.0359. The number of rotatable bonds is 8. The first-order chi connectivity index (χ1) is 16.4. The molecule has 3 aromatic carbocycles. The van der Waals surface area contributed by atoms with Crippen LogP contribution in [0.1, 0.15) is 58.7 Å². The number of carbonyl (C=O) groups is 2.